The molecule has 0 spiro atoms. The average Bonchev–Trinajstić information content (AvgIpc) is 3.42. The molecule has 0 bridgehead atoms. The van der Waals surface area contributed by atoms with Crippen molar-refractivity contribution in [1.29, 1.82) is 0 Å². The van der Waals surface area contributed by atoms with Crippen molar-refractivity contribution >= 4 is 17.6 Å². The number of benzene rings is 2. The summed E-state index contributed by atoms with van der Waals surface area (Å²) in [5, 5.41) is 29.3. The maximum atomic E-state index is 13.8. The summed E-state index contributed by atoms with van der Waals surface area (Å²) in [4.78, 5) is 31.5. The molecule has 0 fully saturated rings. The second kappa shape index (κ2) is 13.3. The molecule has 7 heteroatoms. The Hall–Kier alpha value is -3.84. The lowest BCUT2D eigenvalue weighted by molar-refractivity contribution is -0.135. The predicted octanol–water partition coefficient (Wildman–Crippen LogP) is 4.97. The molecule has 1 aliphatic carbocycles. The van der Waals surface area contributed by atoms with Crippen molar-refractivity contribution < 1.29 is 29.6 Å². The Kier molecular flexibility index (Phi) is 9.60. The van der Waals surface area contributed by atoms with Crippen molar-refractivity contribution in [2.75, 3.05) is 13.7 Å². The molecule has 1 aliphatic rings. The summed E-state index contributed by atoms with van der Waals surface area (Å²) in [6.07, 6.45) is 9.53. The first-order valence-electron chi connectivity index (χ1n) is 13.5. The first kappa shape index (κ1) is 28.2. The van der Waals surface area contributed by atoms with Crippen LogP contribution in [0, 0.1) is 11.8 Å². The van der Waals surface area contributed by atoms with E-state index in [1.165, 1.54) is 13.2 Å². The van der Waals surface area contributed by atoms with Crippen molar-refractivity contribution in [3.63, 3.8) is 0 Å². The standard InChI is InChI=1S/C32H36NO6/c1-39-31-20-22(10-14-30(31)37)9-13-29(36)27(16-18-34)32(38)26-11-12-28-25(15-17-33-28)24(26)8-3-2-5-21-6-4-7-23(35)19-21/h4,6-7,10-12,14-15,17,19-20,24,26-27,34-35,37H,2-3,5,8-9,13,16,18H2,1H3/q-1. The monoisotopic (exact) mass is 530 g/mol. The van der Waals surface area contributed by atoms with Gasteiger partial charge in [-0.15, -0.1) is 5.69 Å². The third-order valence-electron chi connectivity index (χ3n) is 7.58. The van der Waals surface area contributed by atoms with Gasteiger partial charge in [0.05, 0.1) is 13.0 Å². The number of nitrogens with zero attached hydrogens (tertiary/aromatic N) is 1. The zero-order chi connectivity index (χ0) is 27.8. The van der Waals surface area contributed by atoms with E-state index >= 15 is 0 Å². The van der Waals surface area contributed by atoms with Gasteiger partial charge in [0.2, 0.25) is 0 Å². The zero-order valence-corrected chi connectivity index (χ0v) is 22.3. The van der Waals surface area contributed by atoms with Crippen molar-refractivity contribution in [2.45, 2.75) is 50.9 Å². The Balaban J connectivity index is 1.43. The highest BCUT2D eigenvalue weighted by atomic mass is 16.5. The Morgan fingerprint density at radius 3 is 2.62 bits per heavy atom. The van der Waals surface area contributed by atoms with E-state index in [9.17, 15) is 24.9 Å². The molecule has 206 valence electrons. The summed E-state index contributed by atoms with van der Waals surface area (Å²) >= 11 is 0. The highest BCUT2D eigenvalue weighted by Gasteiger charge is 2.36. The van der Waals surface area contributed by atoms with Gasteiger partial charge >= 0.3 is 0 Å². The highest BCUT2D eigenvalue weighted by Crippen LogP contribution is 2.39. The summed E-state index contributed by atoms with van der Waals surface area (Å²) in [5.74, 6) is -1.16. The van der Waals surface area contributed by atoms with E-state index in [1.807, 2.05) is 30.4 Å². The first-order chi connectivity index (χ1) is 18.9. The largest absolute Gasteiger partial charge is 0.664 e. The van der Waals surface area contributed by atoms with Crippen LogP contribution in [0.25, 0.3) is 6.08 Å². The van der Waals surface area contributed by atoms with Crippen LogP contribution in [-0.2, 0) is 22.4 Å². The number of methoxy groups -OCH3 is 1. The number of fused-ring (bicyclic) bond motifs is 1. The normalized spacial score (nSPS) is 17.0. The van der Waals surface area contributed by atoms with Gasteiger partial charge in [-0.3, -0.25) is 9.59 Å². The number of carbonyl (C=O) groups is 2. The lowest BCUT2D eigenvalue weighted by Crippen LogP contribution is -2.34. The van der Waals surface area contributed by atoms with E-state index in [2.05, 4.69) is 4.98 Å². The van der Waals surface area contributed by atoms with Gasteiger partial charge < -0.3 is 25.0 Å². The van der Waals surface area contributed by atoms with E-state index in [0.717, 1.165) is 48.1 Å². The van der Waals surface area contributed by atoms with Crippen LogP contribution in [-0.4, -0.2) is 40.6 Å². The van der Waals surface area contributed by atoms with Crippen LogP contribution < -0.4 is 9.72 Å². The SMILES string of the molecule is COc1cc(CCC(=O)C(CCO)C(=O)C2C=Cc3[n-]ccc3C2CCCCc2cccc(O)c2)ccc1O. The van der Waals surface area contributed by atoms with Crippen LogP contribution >= 0.6 is 0 Å². The zero-order valence-electron chi connectivity index (χ0n) is 22.3. The molecule has 0 radical (unpaired) electrons. The highest BCUT2D eigenvalue weighted by molar-refractivity contribution is 6.04. The number of unbranched alkanes of at least 4 members (excludes halogenated alkanes) is 1. The van der Waals surface area contributed by atoms with Gasteiger partial charge in [0.15, 0.2) is 17.3 Å². The number of rotatable bonds is 14. The van der Waals surface area contributed by atoms with Gasteiger partial charge in [-0.05, 0) is 73.4 Å². The molecule has 2 aromatic carbocycles. The number of ketones is 2. The summed E-state index contributed by atoms with van der Waals surface area (Å²) in [6, 6.07) is 14.2. The Morgan fingerprint density at radius 1 is 1.03 bits per heavy atom. The summed E-state index contributed by atoms with van der Waals surface area (Å²) in [5.41, 5.74) is 3.78. The minimum Gasteiger partial charge on any atom is -0.664 e. The molecule has 1 heterocycles. The Labute approximate surface area is 229 Å². The molecule has 0 aliphatic heterocycles. The van der Waals surface area contributed by atoms with E-state index < -0.39 is 11.8 Å². The Morgan fingerprint density at radius 2 is 1.85 bits per heavy atom. The second-order valence-electron chi connectivity index (χ2n) is 10.1. The summed E-state index contributed by atoms with van der Waals surface area (Å²) < 4.78 is 5.15. The molecule has 0 amide bonds. The lowest BCUT2D eigenvalue weighted by Gasteiger charge is -2.32. The molecular weight excluding hydrogens is 494 g/mol. The van der Waals surface area contributed by atoms with Gasteiger partial charge in [-0.1, -0.05) is 48.4 Å². The van der Waals surface area contributed by atoms with Crippen molar-refractivity contribution in [2.24, 2.45) is 11.8 Å². The number of aliphatic hydroxyl groups is 1. The van der Waals surface area contributed by atoms with Gasteiger partial charge in [-0.2, -0.15) is 6.20 Å². The molecule has 3 N–H and O–H groups in total. The predicted molar refractivity (Wildman–Crippen MR) is 149 cm³/mol. The number of Topliss-reactive ketones (excluding diaryl/α,β-unsaturated/α-hetero) is 2. The molecule has 1 aromatic heterocycles. The maximum absolute atomic E-state index is 13.8. The van der Waals surface area contributed by atoms with Gasteiger partial charge in [0.1, 0.15) is 11.5 Å². The minimum absolute atomic E-state index is 0.0272. The third kappa shape index (κ3) is 6.98. The molecule has 3 atom stereocenters. The molecule has 3 unspecified atom stereocenters. The molecule has 0 saturated carbocycles. The second-order valence-corrected chi connectivity index (χ2v) is 10.1. The third-order valence-corrected chi connectivity index (χ3v) is 7.58. The number of aromatic nitrogens is 1. The fraction of sp³-hybridized carbons (Fsp3) is 0.375. The number of carbonyl (C=O) groups excluding carboxylic acids is 2. The number of hydrogen-bond acceptors (Lipinski definition) is 6. The van der Waals surface area contributed by atoms with Gasteiger partial charge in [-0.25, -0.2) is 0 Å². The number of aliphatic hydroxyl groups excluding tert-OH is 1. The number of allylic oxidation sites excluding steroid dienone is 1. The fourth-order valence-electron chi connectivity index (χ4n) is 5.51. The van der Waals surface area contributed by atoms with E-state index in [0.29, 0.717) is 12.2 Å². The molecular formula is C32H36NO6-. The smallest absolute Gasteiger partial charge is 0.160 e. The van der Waals surface area contributed by atoms with Gasteiger partial charge in [0.25, 0.3) is 0 Å². The molecule has 39 heavy (non-hydrogen) atoms. The Bertz CT molecular complexity index is 1310. The first-order valence-corrected chi connectivity index (χ1v) is 13.5. The van der Waals surface area contributed by atoms with Crippen LogP contribution in [0.5, 0.6) is 17.2 Å². The van der Waals surface area contributed by atoms with Crippen molar-refractivity contribution in [3.05, 3.63) is 83.2 Å². The molecule has 0 saturated heterocycles. The number of aromatic hydroxyl groups is 2. The van der Waals surface area contributed by atoms with E-state index in [4.69, 9.17) is 4.74 Å². The van der Waals surface area contributed by atoms with Crippen molar-refractivity contribution in [1.82, 2.24) is 4.98 Å². The maximum Gasteiger partial charge on any atom is 0.160 e. The summed E-state index contributed by atoms with van der Waals surface area (Å²) in [7, 11) is 1.47. The quantitative estimate of drug-likeness (QED) is 0.199. The lowest BCUT2D eigenvalue weighted by atomic mass is 9.72. The fourth-order valence-corrected chi connectivity index (χ4v) is 5.51. The average molecular weight is 531 g/mol. The van der Waals surface area contributed by atoms with Crippen LogP contribution in [0.15, 0.2) is 60.8 Å². The van der Waals surface area contributed by atoms with E-state index in [1.54, 1.807) is 30.5 Å². The molecule has 3 aromatic rings. The minimum atomic E-state index is -0.886. The van der Waals surface area contributed by atoms with Crippen LogP contribution in [0.3, 0.4) is 0 Å². The molecule has 7 nitrogen and oxygen atoms in total. The van der Waals surface area contributed by atoms with Crippen LogP contribution in [0.1, 0.15) is 60.4 Å². The molecule has 4 rings (SSSR count). The number of aryl methyl sites for hydroxylation is 2. The number of hydrogen-bond donors (Lipinski definition) is 3. The summed E-state index contributed by atoms with van der Waals surface area (Å²) in [6.45, 7) is -0.247. The number of phenols is 2. The topological polar surface area (TPSA) is 118 Å². The number of phenolic OH excluding ortho intramolecular Hbond substituents is 2. The van der Waals surface area contributed by atoms with E-state index in [-0.39, 0.29) is 48.4 Å². The van der Waals surface area contributed by atoms with Crippen molar-refractivity contribution in [3.8, 4) is 17.2 Å². The van der Waals surface area contributed by atoms with Gasteiger partial charge in [0, 0.05) is 18.9 Å². The van der Waals surface area contributed by atoms with Crippen LogP contribution in [0.2, 0.25) is 0 Å². The van der Waals surface area contributed by atoms with Crippen LogP contribution in [0.4, 0.5) is 0 Å². The number of ether oxygens (including phenoxy) is 1.